The number of anilines is 1. The molecule has 0 saturated heterocycles. The Bertz CT molecular complexity index is 637. The Balaban J connectivity index is 1.85. The van der Waals surface area contributed by atoms with Crippen LogP contribution in [-0.2, 0) is 9.53 Å². The first-order chi connectivity index (χ1) is 9.25. The molecule has 1 N–H and O–H groups in total. The summed E-state index contributed by atoms with van der Waals surface area (Å²) in [5, 5.41) is 2.69. The first-order valence-electron chi connectivity index (χ1n) is 5.91. The lowest BCUT2D eigenvalue weighted by molar-refractivity contribution is -0.124. The van der Waals surface area contributed by atoms with Crippen LogP contribution in [0.5, 0.6) is 0 Å². The molecule has 2 aromatic carbocycles. The summed E-state index contributed by atoms with van der Waals surface area (Å²) in [5.41, 5.74) is 1.81. The normalized spacial score (nSPS) is 16.6. The molecular weight excluding hydrogens is 242 g/mol. The summed E-state index contributed by atoms with van der Waals surface area (Å²) in [7, 11) is 0. The van der Waals surface area contributed by atoms with E-state index in [1.807, 2.05) is 18.2 Å². The van der Waals surface area contributed by atoms with E-state index in [4.69, 9.17) is 4.74 Å². The van der Waals surface area contributed by atoms with Crippen LogP contribution in [0.4, 0.5) is 5.69 Å². The number of hydrogen-bond acceptors (Lipinski definition) is 3. The number of fused-ring (bicyclic) bond motifs is 1. The summed E-state index contributed by atoms with van der Waals surface area (Å²) in [6.07, 6.45) is -0.871. The lowest BCUT2D eigenvalue weighted by atomic mass is 10.1. The second kappa shape index (κ2) is 4.57. The molecule has 0 spiro atoms. The molecule has 4 heteroatoms. The van der Waals surface area contributed by atoms with Crippen molar-refractivity contribution in [2.45, 2.75) is 6.10 Å². The Morgan fingerprint density at radius 2 is 1.68 bits per heavy atom. The van der Waals surface area contributed by atoms with Crippen LogP contribution in [0.25, 0.3) is 0 Å². The van der Waals surface area contributed by atoms with Gasteiger partial charge in [-0.15, -0.1) is 0 Å². The van der Waals surface area contributed by atoms with Crippen molar-refractivity contribution in [3.05, 3.63) is 65.7 Å². The largest absolute Gasteiger partial charge is 0.444 e. The number of nitrogens with one attached hydrogen (secondary N) is 1. The Morgan fingerprint density at radius 1 is 1.00 bits per heavy atom. The fourth-order valence-electron chi connectivity index (χ4n) is 2.05. The highest BCUT2D eigenvalue weighted by atomic mass is 16.5. The molecule has 1 amide bonds. The summed E-state index contributed by atoms with van der Waals surface area (Å²) in [6.45, 7) is 0. The van der Waals surface area contributed by atoms with E-state index in [2.05, 4.69) is 5.32 Å². The van der Waals surface area contributed by atoms with Crippen molar-refractivity contribution in [2.75, 3.05) is 5.32 Å². The van der Waals surface area contributed by atoms with Gasteiger partial charge >= 0.3 is 5.97 Å². The molecule has 3 rings (SSSR count). The second-order valence-electron chi connectivity index (χ2n) is 4.23. The molecule has 4 nitrogen and oxygen atoms in total. The molecule has 0 aromatic heterocycles. The Morgan fingerprint density at radius 3 is 2.47 bits per heavy atom. The van der Waals surface area contributed by atoms with Crippen LogP contribution in [0.15, 0.2) is 54.6 Å². The minimum absolute atomic E-state index is 0.314. The molecule has 19 heavy (non-hydrogen) atoms. The highest BCUT2D eigenvalue weighted by molar-refractivity contribution is 6.03. The monoisotopic (exact) mass is 253 g/mol. The number of hydrogen-bond donors (Lipinski definition) is 1. The molecule has 94 valence electrons. The van der Waals surface area contributed by atoms with E-state index < -0.39 is 12.1 Å². The minimum atomic E-state index is -0.871. The fraction of sp³-hybridized carbons (Fsp3) is 0.0667. The highest BCUT2D eigenvalue weighted by Gasteiger charge is 2.33. The van der Waals surface area contributed by atoms with E-state index in [1.165, 1.54) is 0 Å². The van der Waals surface area contributed by atoms with Crippen molar-refractivity contribution >= 4 is 17.6 Å². The van der Waals surface area contributed by atoms with Gasteiger partial charge in [0.05, 0.1) is 5.56 Å². The maximum atomic E-state index is 12.0. The van der Waals surface area contributed by atoms with Crippen molar-refractivity contribution in [3.8, 4) is 0 Å². The lowest BCUT2D eigenvalue weighted by Gasteiger charge is -2.10. The molecule has 1 aliphatic heterocycles. The summed E-state index contributed by atoms with van der Waals surface area (Å²) in [4.78, 5) is 23.8. The van der Waals surface area contributed by atoms with Gasteiger partial charge in [0.15, 0.2) is 0 Å². The van der Waals surface area contributed by atoms with Gasteiger partial charge in [-0.25, -0.2) is 4.79 Å². The Hall–Kier alpha value is -2.62. The molecule has 0 fully saturated rings. The molecular formula is C15H11NO3. The molecule has 1 aliphatic rings. The van der Waals surface area contributed by atoms with Gasteiger partial charge in [0, 0.05) is 11.3 Å². The molecule has 1 atom stereocenters. The van der Waals surface area contributed by atoms with E-state index in [9.17, 15) is 9.59 Å². The number of para-hydroxylation sites is 1. The number of benzene rings is 2. The molecule has 0 bridgehead atoms. The van der Waals surface area contributed by atoms with Gasteiger partial charge in [-0.3, -0.25) is 4.79 Å². The van der Waals surface area contributed by atoms with Crippen LogP contribution >= 0.6 is 0 Å². The van der Waals surface area contributed by atoms with Gasteiger partial charge in [-0.2, -0.15) is 0 Å². The zero-order chi connectivity index (χ0) is 13.2. The van der Waals surface area contributed by atoms with Gasteiger partial charge < -0.3 is 10.1 Å². The van der Waals surface area contributed by atoms with Gasteiger partial charge in [0.2, 0.25) is 6.10 Å². The third kappa shape index (κ3) is 2.08. The van der Waals surface area contributed by atoms with Gasteiger partial charge in [0.25, 0.3) is 5.91 Å². The van der Waals surface area contributed by atoms with Crippen LogP contribution in [0.2, 0.25) is 0 Å². The topological polar surface area (TPSA) is 55.4 Å². The summed E-state index contributed by atoms with van der Waals surface area (Å²) < 4.78 is 5.29. The molecule has 2 aromatic rings. The molecule has 0 saturated carbocycles. The number of esters is 1. The third-order valence-corrected chi connectivity index (χ3v) is 2.97. The van der Waals surface area contributed by atoms with Crippen molar-refractivity contribution in [3.63, 3.8) is 0 Å². The molecule has 0 aliphatic carbocycles. The van der Waals surface area contributed by atoms with E-state index in [1.54, 1.807) is 36.4 Å². The van der Waals surface area contributed by atoms with Crippen molar-refractivity contribution < 1.29 is 14.3 Å². The predicted molar refractivity (Wildman–Crippen MR) is 69.7 cm³/mol. The number of carbonyl (C=O) groups excluding carboxylic acids is 2. The number of ether oxygens (including phenoxy) is 1. The highest BCUT2D eigenvalue weighted by Crippen LogP contribution is 2.33. The minimum Gasteiger partial charge on any atom is -0.444 e. The van der Waals surface area contributed by atoms with Crippen LogP contribution < -0.4 is 5.32 Å². The Kier molecular flexibility index (Phi) is 2.76. The predicted octanol–water partition coefficient (Wildman–Crippen LogP) is 2.54. The smallest absolute Gasteiger partial charge is 0.339 e. The number of carbonyl (C=O) groups is 2. The van der Waals surface area contributed by atoms with Crippen LogP contribution in [0.3, 0.4) is 0 Å². The van der Waals surface area contributed by atoms with E-state index in [0.29, 0.717) is 16.8 Å². The lowest BCUT2D eigenvalue weighted by Crippen LogP contribution is -2.18. The Labute approximate surface area is 110 Å². The van der Waals surface area contributed by atoms with Crippen LogP contribution in [0.1, 0.15) is 22.0 Å². The maximum absolute atomic E-state index is 12.0. The zero-order valence-corrected chi connectivity index (χ0v) is 10.00. The summed E-state index contributed by atoms with van der Waals surface area (Å²) in [5.74, 6) is -0.817. The standard InChI is InChI=1S/C15H11NO3/c17-14-13(11-8-4-5-9-12(11)16-14)19-15(18)10-6-2-1-3-7-10/h1-9,13H,(H,16,17). The van der Waals surface area contributed by atoms with E-state index in [0.717, 1.165) is 0 Å². The third-order valence-electron chi connectivity index (χ3n) is 2.97. The first kappa shape index (κ1) is 11.5. The van der Waals surface area contributed by atoms with Crippen molar-refractivity contribution in [1.82, 2.24) is 0 Å². The van der Waals surface area contributed by atoms with Crippen LogP contribution in [-0.4, -0.2) is 11.9 Å². The van der Waals surface area contributed by atoms with Crippen molar-refractivity contribution in [1.29, 1.82) is 0 Å². The fourth-order valence-corrected chi connectivity index (χ4v) is 2.05. The summed E-state index contributed by atoms with van der Waals surface area (Å²) in [6, 6.07) is 15.8. The van der Waals surface area contributed by atoms with E-state index in [-0.39, 0.29) is 5.91 Å². The first-order valence-corrected chi connectivity index (χ1v) is 5.91. The maximum Gasteiger partial charge on any atom is 0.339 e. The van der Waals surface area contributed by atoms with Crippen LogP contribution in [0, 0.1) is 0 Å². The van der Waals surface area contributed by atoms with E-state index >= 15 is 0 Å². The number of rotatable bonds is 2. The quantitative estimate of drug-likeness (QED) is 0.837. The second-order valence-corrected chi connectivity index (χ2v) is 4.23. The van der Waals surface area contributed by atoms with Gasteiger partial charge in [0.1, 0.15) is 0 Å². The molecule has 1 heterocycles. The SMILES string of the molecule is O=C(OC1C(=O)Nc2ccccc21)c1ccccc1. The summed E-state index contributed by atoms with van der Waals surface area (Å²) >= 11 is 0. The molecule has 0 radical (unpaired) electrons. The zero-order valence-electron chi connectivity index (χ0n) is 10.00. The average Bonchev–Trinajstić information content (AvgIpc) is 2.76. The number of amides is 1. The van der Waals surface area contributed by atoms with Gasteiger partial charge in [-0.1, -0.05) is 36.4 Å². The average molecular weight is 253 g/mol. The van der Waals surface area contributed by atoms with Gasteiger partial charge in [-0.05, 0) is 18.2 Å². The molecule has 1 unspecified atom stereocenters. The van der Waals surface area contributed by atoms with Crippen molar-refractivity contribution in [2.24, 2.45) is 0 Å².